The molecule has 0 aromatic heterocycles. The molecule has 1 aliphatic heterocycles. The SMILES string of the molecule is CCOP(=O)(OCC)C1CCN(C(=O)[C@@H](CCCCNC(=O)OC(C)(C)C)NC(=O)[C@@H](CC(C)C)NC(=O)[C@@H](Cc2ccccc2)NC(=O)OC(C)(C)C)CC1. The van der Waals surface area contributed by atoms with E-state index in [9.17, 15) is 28.5 Å². The van der Waals surface area contributed by atoms with Crippen molar-refractivity contribution in [3.63, 3.8) is 0 Å². The fraction of sp³-hybridized carbons (Fsp3) is 0.725. The van der Waals surface area contributed by atoms with Gasteiger partial charge in [0.15, 0.2) is 0 Å². The molecule has 0 unspecified atom stereocenters. The van der Waals surface area contributed by atoms with Crippen LogP contribution >= 0.6 is 7.60 Å². The number of nitrogens with one attached hydrogen (secondary N) is 4. The molecule has 0 bridgehead atoms. The van der Waals surface area contributed by atoms with Crippen LogP contribution in [0.3, 0.4) is 0 Å². The number of unbranched alkanes of at least 4 members (excludes halogenated alkanes) is 1. The third-order valence-corrected chi connectivity index (χ3v) is 11.3. The van der Waals surface area contributed by atoms with Crippen molar-refractivity contribution < 1.29 is 47.1 Å². The van der Waals surface area contributed by atoms with Gasteiger partial charge in [-0.15, -0.1) is 0 Å². The zero-order valence-electron chi connectivity index (χ0n) is 35.2. The first-order valence-electron chi connectivity index (χ1n) is 19.9. The van der Waals surface area contributed by atoms with E-state index in [1.54, 1.807) is 60.3 Å². The number of hydrogen-bond donors (Lipinski definition) is 4. The highest BCUT2D eigenvalue weighted by Crippen LogP contribution is 2.56. The van der Waals surface area contributed by atoms with E-state index in [1.165, 1.54) is 0 Å². The van der Waals surface area contributed by atoms with Crippen molar-refractivity contribution in [3.05, 3.63) is 35.9 Å². The highest BCUT2D eigenvalue weighted by Gasteiger charge is 2.40. The third-order valence-electron chi connectivity index (χ3n) is 8.67. The number of hydrogen-bond acceptors (Lipinski definition) is 10. The topological polar surface area (TPSA) is 191 Å². The predicted molar refractivity (Wildman–Crippen MR) is 215 cm³/mol. The standard InChI is InChI=1S/C40H68N5O10P/c1-11-52-56(51,53-12-2)30-21-24-45(25-22-30)36(48)31(20-16-17-23-41-37(49)54-39(5,6)7)42-34(46)32(26-28(3)4)43-35(47)33(27-29-18-14-13-15-19-29)44-38(50)55-40(8,9)10/h13-15,18-19,28,30-33H,11-12,16-17,20-27H2,1-10H3,(H,41,49)(H,42,46)(H,43,47)(H,44,50)/t31-,32-,33-/m1/s1. The summed E-state index contributed by atoms with van der Waals surface area (Å²) in [5.41, 5.74) is -1.01. The zero-order valence-corrected chi connectivity index (χ0v) is 36.1. The molecule has 3 atom stereocenters. The lowest BCUT2D eigenvalue weighted by atomic mass is 10.00. The van der Waals surface area contributed by atoms with Gasteiger partial charge in [-0.1, -0.05) is 44.2 Å². The Hall–Kier alpha value is -3.68. The van der Waals surface area contributed by atoms with Crippen molar-refractivity contribution in [2.24, 2.45) is 5.92 Å². The maximum atomic E-state index is 14.1. The lowest BCUT2D eigenvalue weighted by Gasteiger charge is -2.37. The molecule has 2 rings (SSSR count). The molecule has 1 aromatic carbocycles. The van der Waals surface area contributed by atoms with E-state index in [2.05, 4.69) is 21.3 Å². The van der Waals surface area contributed by atoms with Gasteiger partial charge < -0.3 is 44.7 Å². The Kier molecular flexibility index (Phi) is 19.8. The summed E-state index contributed by atoms with van der Waals surface area (Å²) < 4.78 is 35.4. The van der Waals surface area contributed by atoms with Crippen molar-refractivity contribution in [1.82, 2.24) is 26.2 Å². The number of carbonyl (C=O) groups is 5. The van der Waals surface area contributed by atoms with Gasteiger partial charge in [0.2, 0.25) is 17.7 Å². The zero-order chi connectivity index (χ0) is 42.1. The van der Waals surface area contributed by atoms with Crippen LogP contribution in [-0.2, 0) is 43.9 Å². The molecule has 1 aliphatic rings. The number of ether oxygens (including phenoxy) is 2. The Bertz CT molecular complexity index is 1450. The number of alkyl carbamates (subject to hydrolysis) is 2. The molecule has 0 aliphatic carbocycles. The number of rotatable bonds is 20. The molecule has 4 N–H and O–H groups in total. The Morgan fingerprint density at radius 1 is 0.768 bits per heavy atom. The van der Waals surface area contributed by atoms with Crippen LogP contribution in [0.4, 0.5) is 9.59 Å². The second-order valence-corrected chi connectivity index (χ2v) is 18.8. The summed E-state index contributed by atoms with van der Waals surface area (Å²) >= 11 is 0. The van der Waals surface area contributed by atoms with Crippen LogP contribution in [0.2, 0.25) is 0 Å². The summed E-state index contributed by atoms with van der Waals surface area (Å²) in [6.07, 6.45) is 1.16. The lowest BCUT2D eigenvalue weighted by molar-refractivity contribution is -0.138. The quantitative estimate of drug-likeness (QED) is 0.0886. The first-order chi connectivity index (χ1) is 26.2. The van der Waals surface area contributed by atoms with Crippen molar-refractivity contribution in [2.45, 2.75) is 149 Å². The molecule has 56 heavy (non-hydrogen) atoms. The van der Waals surface area contributed by atoms with Gasteiger partial charge in [0, 0.05) is 26.1 Å². The summed E-state index contributed by atoms with van der Waals surface area (Å²) in [6, 6.07) is 6.15. The number of carbonyl (C=O) groups excluding carboxylic acids is 5. The first kappa shape index (κ1) is 48.5. The molecule has 5 amide bonds. The van der Waals surface area contributed by atoms with Gasteiger partial charge in [0.05, 0.1) is 18.9 Å². The molecule has 0 radical (unpaired) electrons. The van der Waals surface area contributed by atoms with Gasteiger partial charge in [-0.3, -0.25) is 18.9 Å². The fourth-order valence-corrected chi connectivity index (χ4v) is 8.30. The number of benzene rings is 1. The molecule has 318 valence electrons. The van der Waals surface area contributed by atoms with E-state index in [1.807, 2.05) is 44.2 Å². The van der Waals surface area contributed by atoms with Crippen LogP contribution in [0.25, 0.3) is 0 Å². The Labute approximate surface area is 334 Å². The highest BCUT2D eigenvalue weighted by molar-refractivity contribution is 7.54. The molecule has 1 aromatic rings. The molecule has 0 spiro atoms. The smallest absolute Gasteiger partial charge is 0.408 e. The second-order valence-electron chi connectivity index (χ2n) is 16.5. The minimum absolute atomic E-state index is 0.0177. The van der Waals surface area contributed by atoms with Crippen molar-refractivity contribution in [3.8, 4) is 0 Å². The Morgan fingerprint density at radius 3 is 1.84 bits per heavy atom. The number of amides is 5. The van der Waals surface area contributed by atoms with Crippen molar-refractivity contribution in [1.29, 1.82) is 0 Å². The van der Waals surface area contributed by atoms with Crippen LogP contribution in [0.15, 0.2) is 30.3 Å². The van der Waals surface area contributed by atoms with E-state index in [4.69, 9.17) is 18.5 Å². The average molecular weight is 810 g/mol. The molecule has 1 heterocycles. The fourth-order valence-electron chi connectivity index (χ4n) is 6.22. The van der Waals surface area contributed by atoms with Crippen molar-refractivity contribution in [2.75, 3.05) is 32.8 Å². The summed E-state index contributed by atoms with van der Waals surface area (Å²) in [4.78, 5) is 68.7. The van der Waals surface area contributed by atoms with E-state index in [0.29, 0.717) is 45.3 Å². The monoisotopic (exact) mass is 809 g/mol. The second kappa shape index (κ2) is 22.9. The minimum Gasteiger partial charge on any atom is -0.444 e. The average Bonchev–Trinajstić information content (AvgIpc) is 3.09. The number of piperidine rings is 1. The molecular formula is C40H68N5O10P. The molecule has 16 heteroatoms. The Balaban J connectivity index is 2.28. The van der Waals surface area contributed by atoms with E-state index < -0.39 is 60.9 Å². The molecule has 1 saturated heterocycles. The third kappa shape index (κ3) is 18.1. The van der Waals surface area contributed by atoms with Crippen LogP contribution in [-0.4, -0.2) is 103 Å². The van der Waals surface area contributed by atoms with E-state index in [0.717, 1.165) is 5.56 Å². The summed E-state index contributed by atoms with van der Waals surface area (Å²) in [5.74, 6) is -1.44. The largest absolute Gasteiger partial charge is 0.444 e. The van der Waals surface area contributed by atoms with Gasteiger partial charge in [0.1, 0.15) is 29.3 Å². The Morgan fingerprint density at radius 2 is 1.30 bits per heavy atom. The lowest BCUT2D eigenvalue weighted by Crippen LogP contribution is -2.58. The first-order valence-corrected chi connectivity index (χ1v) is 21.6. The molecule has 0 saturated carbocycles. The summed E-state index contributed by atoms with van der Waals surface area (Å²) in [5, 5.41) is 11.2. The number of likely N-dealkylation sites (tertiary alicyclic amines) is 1. The van der Waals surface area contributed by atoms with Crippen LogP contribution in [0, 0.1) is 5.92 Å². The van der Waals surface area contributed by atoms with Gasteiger partial charge in [-0.2, -0.15) is 0 Å². The van der Waals surface area contributed by atoms with Crippen LogP contribution in [0.1, 0.15) is 113 Å². The van der Waals surface area contributed by atoms with E-state index >= 15 is 0 Å². The molecular weight excluding hydrogens is 741 g/mol. The molecule has 1 fully saturated rings. The highest BCUT2D eigenvalue weighted by atomic mass is 31.2. The van der Waals surface area contributed by atoms with Gasteiger partial charge in [-0.25, -0.2) is 9.59 Å². The minimum atomic E-state index is -3.36. The van der Waals surface area contributed by atoms with Gasteiger partial charge in [-0.05, 0) is 105 Å². The van der Waals surface area contributed by atoms with Crippen molar-refractivity contribution >= 4 is 37.5 Å². The van der Waals surface area contributed by atoms with Crippen LogP contribution in [0.5, 0.6) is 0 Å². The normalized spacial score (nSPS) is 15.7. The van der Waals surface area contributed by atoms with Crippen LogP contribution < -0.4 is 21.3 Å². The van der Waals surface area contributed by atoms with E-state index in [-0.39, 0.29) is 50.0 Å². The molecule has 15 nitrogen and oxygen atoms in total. The van der Waals surface area contributed by atoms with Gasteiger partial charge in [0.25, 0.3) is 0 Å². The predicted octanol–water partition coefficient (Wildman–Crippen LogP) is 6.09. The summed E-state index contributed by atoms with van der Waals surface area (Å²) in [6.45, 7) is 19.2. The maximum absolute atomic E-state index is 14.1. The number of nitrogens with zero attached hydrogens (tertiary/aromatic N) is 1. The maximum Gasteiger partial charge on any atom is 0.408 e. The summed E-state index contributed by atoms with van der Waals surface area (Å²) in [7, 11) is -3.36. The van der Waals surface area contributed by atoms with Gasteiger partial charge >= 0.3 is 19.8 Å².